The highest BCUT2D eigenvalue weighted by molar-refractivity contribution is 5.95. The summed E-state index contributed by atoms with van der Waals surface area (Å²) in [6.45, 7) is 2.11. The van der Waals surface area contributed by atoms with Crippen LogP contribution in [0, 0.1) is 18.7 Å². The van der Waals surface area contributed by atoms with Gasteiger partial charge in [0.05, 0.1) is 11.6 Å². The van der Waals surface area contributed by atoms with Crippen LogP contribution in [-0.2, 0) is 21.4 Å². The third kappa shape index (κ3) is 5.18. The lowest BCUT2D eigenvalue weighted by atomic mass is 9.97. The average Bonchev–Trinajstić information content (AvgIpc) is 3.03. The Labute approximate surface area is 167 Å². The molecular weight excluding hydrogens is 379 g/mol. The van der Waals surface area contributed by atoms with Crippen molar-refractivity contribution in [3.05, 3.63) is 47.4 Å². The minimum Gasteiger partial charge on any atom is -0.455 e. The molecule has 1 saturated heterocycles. The maximum atomic E-state index is 13.0. The first-order valence-electron chi connectivity index (χ1n) is 9.35. The highest BCUT2D eigenvalue weighted by Crippen LogP contribution is 2.20. The number of nitrogens with one attached hydrogen (secondary N) is 1. The van der Waals surface area contributed by atoms with Crippen molar-refractivity contribution in [1.29, 1.82) is 0 Å². The fourth-order valence-corrected chi connectivity index (χ4v) is 3.29. The Morgan fingerprint density at radius 1 is 1.28 bits per heavy atom. The van der Waals surface area contributed by atoms with E-state index in [0.717, 1.165) is 5.69 Å². The number of aryl methyl sites for hydroxylation is 2. The van der Waals surface area contributed by atoms with Crippen LogP contribution in [0.1, 0.15) is 28.9 Å². The number of carbonyl (C=O) groups is 3. The van der Waals surface area contributed by atoms with E-state index >= 15 is 0 Å². The van der Waals surface area contributed by atoms with E-state index in [0.29, 0.717) is 30.8 Å². The first-order chi connectivity index (χ1) is 13.8. The Morgan fingerprint density at radius 2 is 2.00 bits per heavy atom. The van der Waals surface area contributed by atoms with E-state index in [2.05, 4.69) is 10.4 Å². The topological polar surface area (TPSA) is 93.5 Å². The molecule has 2 heterocycles. The van der Waals surface area contributed by atoms with Gasteiger partial charge >= 0.3 is 5.97 Å². The summed E-state index contributed by atoms with van der Waals surface area (Å²) in [6, 6.07) is 7.00. The summed E-state index contributed by atoms with van der Waals surface area (Å²) in [7, 11) is 1.70. The number of nitrogens with zero attached hydrogens (tertiary/aromatic N) is 3. The van der Waals surface area contributed by atoms with Crippen LogP contribution < -0.4 is 5.32 Å². The Hall–Kier alpha value is -3.23. The first-order valence-corrected chi connectivity index (χ1v) is 9.35. The highest BCUT2D eigenvalue weighted by atomic mass is 19.1. The van der Waals surface area contributed by atoms with Gasteiger partial charge in [0.15, 0.2) is 6.61 Å². The molecule has 9 heteroatoms. The van der Waals surface area contributed by atoms with Crippen LogP contribution in [0.2, 0.25) is 0 Å². The maximum absolute atomic E-state index is 13.0. The second-order valence-corrected chi connectivity index (χ2v) is 7.05. The average molecular weight is 402 g/mol. The molecule has 1 aromatic heterocycles. The molecule has 0 aliphatic carbocycles. The van der Waals surface area contributed by atoms with Crippen LogP contribution in [0.25, 0.3) is 0 Å². The van der Waals surface area contributed by atoms with Crippen LogP contribution in [0.5, 0.6) is 0 Å². The van der Waals surface area contributed by atoms with E-state index in [1.165, 1.54) is 28.9 Å². The molecule has 1 aliphatic heterocycles. The van der Waals surface area contributed by atoms with Gasteiger partial charge in [-0.25, -0.2) is 4.39 Å². The summed E-state index contributed by atoms with van der Waals surface area (Å²) in [6.07, 6.45) is 1.22. The number of likely N-dealkylation sites (tertiary alicyclic amines) is 1. The SMILES string of the molecule is Cc1cc(NC(=O)COC(=O)C2CCCN(C(=O)c3ccc(F)cc3)C2)n(C)n1. The molecule has 2 amide bonds. The molecule has 1 aromatic carbocycles. The van der Waals surface area contributed by atoms with Gasteiger partial charge in [-0.1, -0.05) is 0 Å². The normalized spacial score (nSPS) is 16.4. The van der Waals surface area contributed by atoms with E-state index in [1.807, 2.05) is 0 Å². The molecule has 1 aliphatic rings. The number of anilines is 1. The Bertz CT molecular complexity index is 910. The molecule has 0 saturated carbocycles. The molecular formula is C20H23FN4O4. The number of benzene rings is 1. The van der Waals surface area contributed by atoms with Crippen molar-refractivity contribution >= 4 is 23.6 Å². The van der Waals surface area contributed by atoms with E-state index < -0.39 is 30.2 Å². The van der Waals surface area contributed by atoms with Crippen LogP contribution in [0.4, 0.5) is 10.2 Å². The number of hydrogen-bond acceptors (Lipinski definition) is 5. The molecule has 3 rings (SSSR count). The van der Waals surface area contributed by atoms with Crippen LogP contribution >= 0.6 is 0 Å². The number of hydrogen-bond donors (Lipinski definition) is 1. The van der Waals surface area contributed by atoms with E-state index in [1.54, 1.807) is 24.9 Å². The molecule has 0 spiro atoms. The zero-order valence-electron chi connectivity index (χ0n) is 16.4. The summed E-state index contributed by atoms with van der Waals surface area (Å²) >= 11 is 0. The highest BCUT2D eigenvalue weighted by Gasteiger charge is 2.30. The predicted molar refractivity (Wildman–Crippen MR) is 103 cm³/mol. The number of piperidine rings is 1. The number of carbonyl (C=O) groups excluding carboxylic acids is 3. The molecule has 1 fully saturated rings. The maximum Gasteiger partial charge on any atom is 0.311 e. The van der Waals surface area contributed by atoms with E-state index in [-0.39, 0.29) is 12.5 Å². The Morgan fingerprint density at radius 3 is 2.66 bits per heavy atom. The van der Waals surface area contributed by atoms with Crippen molar-refractivity contribution in [2.45, 2.75) is 19.8 Å². The van der Waals surface area contributed by atoms with Crippen LogP contribution in [-0.4, -0.2) is 52.2 Å². The van der Waals surface area contributed by atoms with Crippen molar-refractivity contribution < 1.29 is 23.5 Å². The molecule has 154 valence electrons. The van der Waals surface area contributed by atoms with Gasteiger partial charge in [0.1, 0.15) is 11.6 Å². The summed E-state index contributed by atoms with van der Waals surface area (Å²) in [4.78, 5) is 38.5. The lowest BCUT2D eigenvalue weighted by Gasteiger charge is -2.31. The molecule has 2 aromatic rings. The van der Waals surface area contributed by atoms with Crippen molar-refractivity contribution in [2.75, 3.05) is 25.0 Å². The van der Waals surface area contributed by atoms with Crippen molar-refractivity contribution in [1.82, 2.24) is 14.7 Å². The van der Waals surface area contributed by atoms with Gasteiger partial charge in [-0.2, -0.15) is 5.10 Å². The van der Waals surface area contributed by atoms with Gasteiger partial charge in [0.25, 0.3) is 11.8 Å². The van der Waals surface area contributed by atoms with Crippen molar-refractivity contribution in [3.63, 3.8) is 0 Å². The van der Waals surface area contributed by atoms with Gasteiger partial charge in [-0.3, -0.25) is 19.1 Å². The number of aromatic nitrogens is 2. The van der Waals surface area contributed by atoms with Crippen LogP contribution in [0.15, 0.2) is 30.3 Å². The smallest absolute Gasteiger partial charge is 0.311 e. The van der Waals surface area contributed by atoms with E-state index in [4.69, 9.17) is 4.74 Å². The standard InChI is InChI=1S/C20H23FN4O4/c1-13-10-17(24(2)23-13)22-18(26)12-29-20(28)15-4-3-9-25(11-15)19(27)14-5-7-16(21)8-6-14/h5-8,10,15H,3-4,9,11-12H2,1-2H3,(H,22,26). The monoisotopic (exact) mass is 402 g/mol. The number of ether oxygens (including phenoxy) is 1. The van der Waals surface area contributed by atoms with Crippen LogP contribution in [0.3, 0.4) is 0 Å². The lowest BCUT2D eigenvalue weighted by molar-refractivity contribution is -0.152. The largest absolute Gasteiger partial charge is 0.455 e. The fraction of sp³-hybridized carbons (Fsp3) is 0.400. The number of amides is 2. The predicted octanol–water partition coefficient (Wildman–Crippen LogP) is 1.90. The van der Waals surface area contributed by atoms with Gasteiger partial charge < -0.3 is 15.0 Å². The minimum absolute atomic E-state index is 0.206. The molecule has 29 heavy (non-hydrogen) atoms. The minimum atomic E-state index is -0.516. The fourth-order valence-electron chi connectivity index (χ4n) is 3.29. The quantitative estimate of drug-likeness (QED) is 0.771. The molecule has 0 bridgehead atoms. The van der Waals surface area contributed by atoms with Gasteiger partial charge in [0.2, 0.25) is 0 Å². The van der Waals surface area contributed by atoms with Gasteiger partial charge in [-0.15, -0.1) is 0 Å². The van der Waals surface area contributed by atoms with Gasteiger partial charge in [0, 0.05) is 31.8 Å². The zero-order chi connectivity index (χ0) is 21.0. The summed E-state index contributed by atoms with van der Waals surface area (Å²) in [5.74, 6) is -1.64. The van der Waals surface area contributed by atoms with Crippen molar-refractivity contribution in [3.8, 4) is 0 Å². The third-order valence-corrected chi connectivity index (χ3v) is 4.75. The number of esters is 1. The Kier molecular flexibility index (Phi) is 6.26. The molecule has 8 nitrogen and oxygen atoms in total. The molecule has 1 unspecified atom stereocenters. The lowest BCUT2D eigenvalue weighted by Crippen LogP contribution is -2.43. The number of rotatable bonds is 5. The Balaban J connectivity index is 1.51. The molecule has 1 atom stereocenters. The second-order valence-electron chi connectivity index (χ2n) is 7.05. The van der Waals surface area contributed by atoms with Crippen molar-refractivity contribution in [2.24, 2.45) is 13.0 Å². The number of halogens is 1. The second kappa shape index (κ2) is 8.85. The molecule has 1 N–H and O–H groups in total. The molecule has 0 radical (unpaired) electrons. The summed E-state index contributed by atoms with van der Waals surface area (Å²) in [5.41, 5.74) is 1.12. The third-order valence-electron chi connectivity index (χ3n) is 4.75. The summed E-state index contributed by atoms with van der Waals surface area (Å²) < 4.78 is 19.7. The summed E-state index contributed by atoms with van der Waals surface area (Å²) in [5, 5.41) is 6.75. The van der Waals surface area contributed by atoms with E-state index in [9.17, 15) is 18.8 Å². The van der Waals surface area contributed by atoms with Gasteiger partial charge in [-0.05, 0) is 44.0 Å². The first kappa shape index (κ1) is 20.5. The zero-order valence-corrected chi connectivity index (χ0v) is 16.4.